The van der Waals surface area contributed by atoms with Crippen LogP contribution in [0.25, 0.3) is 34.2 Å². The maximum Gasteiger partial charge on any atom is 0.164 e. The van der Waals surface area contributed by atoms with Crippen molar-refractivity contribution in [1.82, 2.24) is 15.0 Å². The van der Waals surface area contributed by atoms with Gasteiger partial charge in [-0.15, -0.1) is 0 Å². The minimum atomic E-state index is -1.47. The van der Waals surface area contributed by atoms with Gasteiger partial charge in [-0.2, -0.15) is 0 Å². The largest absolute Gasteiger partial charge is 0.208 e. The molecule has 0 fully saturated rings. The molecular formula is C30H39N3Si3. The quantitative estimate of drug-likeness (QED) is 0.269. The molecule has 0 radical (unpaired) electrons. The summed E-state index contributed by atoms with van der Waals surface area (Å²) in [5.41, 5.74) is 3.17. The van der Waals surface area contributed by atoms with Gasteiger partial charge >= 0.3 is 0 Å². The molecule has 0 bridgehead atoms. The molecule has 0 saturated heterocycles. The zero-order valence-corrected chi connectivity index (χ0v) is 26.3. The molecule has 4 aromatic rings. The van der Waals surface area contributed by atoms with Crippen molar-refractivity contribution in [3.05, 3.63) is 72.8 Å². The van der Waals surface area contributed by atoms with Crippen LogP contribution in [0.2, 0.25) is 58.9 Å². The van der Waals surface area contributed by atoms with Crippen molar-refractivity contribution in [3.63, 3.8) is 0 Å². The van der Waals surface area contributed by atoms with Gasteiger partial charge in [0.25, 0.3) is 0 Å². The van der Waals surface area contributed by atoms with E-state index in [9.17, 15) is 0 Å². The van der Waals surface area contributed by atoms with Gasteiger partial charge in [-0.25, -0.2) is 15.0 Å². The molecule has 1 aromatic heterocycles. The predicted molar refractivity (Wildman–Crippen MR) is 165 cm³/mol. The Kier molecular flexibility index (Phi) is 7.07. The van der Waals surface area contributed by atoms with E-state index in [0.29, 0.717) is 0 Å². The summed E-state index contributed by atoms with van der Waals surface area (Å²) < 4.78 is 0. The first-order chi connectivity index (χ1) is 16.7. The van der Waals surface area contributed by atoms with Crippen LogP contribution in [0.15, 0.2) is 72.8 Å². The minimum Gasteiger partial charge on any atom is -0.208 e. The molecule has 0 aliphatic heterocycles. The van der Waals surface area contributed by atoms with E-state index >= 15 is 0 Å². The van der Waals surface area contributed by atoms with Crippen LogP contribution in [0.5, 0.6) is 0 Å². The molecule has 1 heterocycles. The molecule has 0 saturated carbocycles. The molecule has 0 atom stereocenters. The second kappa shape index (κ2) is 9.65. The molecule has 0 unspecified atom stereocenters. The van der Waals surface area contributed by atoms with Gasteiger partial charge < -0.3 is 0 Å². The third-order valence-corrected chi connectivity index (χ3v) is 12.7. The Morgan fingerprint density at radius 3 is 0.861 bits per heavy atom. The fourth-order valence-electron chi connectivity index (χ4n) is 4.14. The van der Waals surface area contributed by atoms with Gasteiger partial charge in [0.1, 0.15) is 0 Å². The van der Waals surface area contributed by atoms with Crippen LogP contribution in [0.3, 0.4) is 0 Å². The summed E-state index contributed by atoms with van der Waals surface area (Å²) in [6, 6.07) is 26.4. The number of hydrogen-bond donors (Lipinski definition) is 0. The first-order valence-electron chi connectivity index (χ1n) is 12.8. The summed E-state index contributed by atoms with van der Waals surface area (Å²) in [5, 5.41) is 4.22. The second-order valence-electron chi connectivity index (χ2n) is 12.8. The fraction of sp³-hybridized carbons (Fsp3) is 0.300. The summed E-state index contributed by atoms with van der Waals surface area (Å²) in [6.07, 6.45) is 0. The first-order valence-corrected chi connectivity index (χ1v) is 23.3. The lowest BCUT2D eigenvalue weighted by atomic mass is 10.1. The lowest BCUT2D eigenvalue weighted by Gasteiger charge is -2.19. The van der Waals surface area contributed by atoms with Crippen molar-refractivity contribution < 1.29 is 0 Å². The Labute approximate surface area is 220 Å². The molecule has 186 valence electrons. The highest BCUT2D eigenvalue weighted by Gasteiger charge is 2.21. The average molecular weight is 526 g/mol. The third kappa shape index (κ3) is 5.99. The van der Waals surface area contributed by atoms with Crippen LogP contribution in [-0.4, -0.2) is 39.2 Å². The van der Waals surface area contributed by atoms with Crippen LogP contribution < -0.4 is 15.6 Å². The van der Waals surface area contributed by atoms with Gasteiger partial charge in [-0.05, 0) is 0 Å². The number of hydrogen-bond acceptors (Lipinski definition) is 3. The maximum absolute atomic E-state index is 5.03. The second-order valence-corrected chi connectivity index (χ2v) is 28.0. The molecular weight excluding hydrogens is 487 g/mol. The van der Waals surface area contributed by atoms with Crippen molar-refractivity contribution in [2.75, 3.05) is 0 Å². The van der Waals surface area contributed by atoms with E-state index in [2.05, 4.69) is 132 Å². The van der Waals surface area contributed by atoms with E-state index < -0.39 is 24.2 Å². The van der Waals surface area contributed by atoms with E-state index in [4.69, 9.17) is 15.0 Å². The van der Waals surface area contributed by atoms with E-state index in [1.54, 1.807) is 0 Å². The van der Waals surface area contributed by atoms with Gasteiger partial charge in [-0.1, -0.05) is 147 Å². The maximum atomic E-state index is 5.03. The van der Waals surface area contributed by atoms with Crippen molar-refractivity contribution in [3.8, 4) is 34.2 Å². The van der Waals surface area contributed by atoms with E-state index in [1.807, 2.05) is 0 Å². The molecule has 3 aromatic carbocycles. The van der Waals surface area contributed by atoms with Crippen LogP contribution in [0.1, 0.15) is 0 Å². The van der Waals surface area contributed by atoms with Crippen molar-refractivity contribution >= 4 is 39.8 Å². The topological polar surface area (TPSA) is 38.7 Å². The van der Waals surface area contributed by atoms with Crippen LogP contribution in [0.4, 0.5) is 0 Å². The minimum absolute atomic E-state index is 0.743. The van der Waals surface area contributed by atoms with Crippen LogP contribution in [-0.2, 0) is 0 Å². The fourth-order valence-corrected chi connectivity index (χ4v) is 7.69. The average Bonchev–Trinajstić information content (AvgIpc) is 2.82. The lowest BCUT2D eigenvalue weighted by Crippen LogP contribution is -2.37. The Morgan fingerprint density at radius 2 is 0.639 bits per heavy atom. The van der Waals surface area contributed by atoms with Crippen molar-refractivity contribution in [2.24, 2.45) is 0 Å². The molecule has 0 spiro atoms. The molecule has 4 rings (SSSR count). The molecule has 3 nitrogen and oxygen atoms in total. The number of aromatic nitrogens is 3. The molecule has 0 aliphatic carbocycles. The van der Waals surface area contributed by atoms with Gasteiger partial charge in [0.15, 0.2) is 17.5 Å². The predicted octanol–water partition coefficient (Wildman–Crippen LogP) is 6.51. The van der Waals surface area contributed by atoms with Crippen molar-refractivity contribution in [2.45, 2.75) is 58.9 Å². The van der Waals surface area contributed by atoms with Crippen LogP contribution >= 0.6 is 0 Å². The molecule has 0 aliphatic rings. The number of nitrogens with zero attached hydrogens (tertiary/aromatic N) is 3. The Balaban J connectivity index is 1.94. The summed E-state index contributed by atoms with van der Waals surface area (Å²) in [5.74, 6) is 2.23. The highest BCUT2D eigenvalue weighted by atomic mass is 28.3. The van der Waals surface area contributed by atoms with Gasteiger partial charge in [0.05, 0.1) is 24.2 Å². The summed E-state index contributed by atoms with van der Waals surface area (Å²) in [6.45, 7) is 21.4. The summed E-state index contributed by atoms with van der Waals surface area (Å²) >= 11 is 0. The van der Waals surface area contributed by atoms with Gasteiger partial charge in [-0.3, -0.25) is 0 Å². The number of benzene rings is 3. The Hall–Kier alpha value is -2.68. The van der Waals surface area contributed by atoms with E-state index in [-0.39, 0.29) is 0 Å². The monoisotopic (exact) mass is 525 g/mol. The smallest absolute Gasteiger partial charge is 0.164 e. The molecule has 0 N–H and O–H groups in total. The highest BCUT2D eigenvalue weighted by molar-refractivity contribution is 6.89. The van der Waals surface area contributed by atoms with Crippen LogP contribution in [0, 0.1) is 0 Å². The summed E-state index contributed by atoms with van der Waals surface area (Å²) in [7, 11) is -4.41. The first kappa shape index (κ1) is 26.4. The standard InChI is InChI=1S/C30H39N3Si3/c1-34(2,3)25-16-10-13-22(19-25)28-31-29(23-14-11-17-26(20-23)35(4,5)6)33-30(32-28)24-15-12-18-27(21-24)36(7,8)9/h10-21H,1-9H3. The summed E-state index contributed by atoms with van der Waals surface area (Å²) in [4.78, 5) is 15.1. The highest BCUT2D eigenvalue weighted by Crippen LogP contribution is 2.25. The third-order valence-electron chi connectivity index (χ3n) is 6.60. The number of rotatable bonds is 6. The molecule has 0 amide bonds. The normalized spacial score (nSPS) is 12.6. The molecule has 36 heavy (non-hydrogen) atoms. The lowest BCUT2D eigenvalue weighted by molar-refractivity contribution is 1.07. The SMILES string of the molecule is C[Si](C)(C)c1cccc(-c2nc(-c3cccc([Si](C)(C)C)c3)nc(-c3cccc([Si](C)(C)C)c3)n2)c1. The van der Waals surface area contributed by atoms with E-state index in [0.717, 1.165) is 34.2 Å². The Bertz CT molecular complexity index is 1210. The molecule has 6 heteroatoms. The Morgan fingerprint density at radius 1 is 0.389 bits per heavy atom. The van der Waals surface area contributed by atoms with Gasteiger partial charge in [0, 0.05) is 16.7 Å². The van der Waals surface area contributed by atoms with Gasteiger partial charge in [0.2, 0.25) is 0 Å². The van der Waals surface area contributed by atoms with E-state index in [1.165, 1.54) is 15.6 Å². The zero-order chi connectivity index (χ0) is 26.3. The van der Waals surface area contributed by atoms with Crippen molar-refractivity contribution in [1.29, 1.82) is 0 Å². The zero-order valence-electron chi connectivity index (χ0n) is 23.3.